The molecule has 3 rings (SSSR count). The number of nitrogens with zero attached hydrogens (tertiary/aromatic N) is 6. The summed E-state index contributed by atoms with van der Waals surface area (Å²) in [5.41, 5.74) is 2.46. The summed E-state index contributed by atoms with van der Waals surface area (Å²) in [6.07, 6.45) is 7.04. The van der Waals surface area contributed by atoms with E-state index in [0.717, 1.165) is 36.9 Å². The molecule has 0 aliphatic heterocycles. The standard InChI is InChI=1S/C13H10N6/c14-5-11-12(6-15)19(8-18-11)13-9-3-1-2-4-10(9)16-7-17-13/h7-8H,1-4H2. The summed E-state index contributed by atoms with van der Waals surface area (Å²) >= 11 is 0. The minimum absolute atomic E-state index is 0.130. The zero-order chi connectivity index (χ0) is 13.2. The fraction of sp³-hybridized carbons (Fsp3) is 0.308. The first-order chi connectivity index (χ1) is 9.35. The average molecular weight is 250 g/mol. The maximum Gasteiger partial charge on any atom is 0.177 e. The van der Waals surface area contributed by atoms with Gasteiger partial charge >= 0.3 is 0 Å². The van der Waals surface area contributed by atoms with Gasteiger partial charge in [0.2, 0.25) is 0 Å². The van der Waals surface area contributed by atoms with Crippen molar-refractivity contribution in [1.82, 2.24) is 19.5 Å². The Hall–Kier alpha value is -2.73. The average Bonchev–Trinajstić information content (AvgIpc) is 2.89. The van der Waals surface area contributed by atoms with Gasteiger partial charge < -0.3 is 0 Å². The number of hydrogen-bond donors (Lipinski definition) is 0. The van der Waals surface area contributed by atoms with Crippen LogP contribution in [0.1, 0.15) is 35.5 Å². The van der Waals surface area contributed by atoms with E-state index in [0.29, 0.717) is 5.82 Å². The summed E-state index contributed by atoms with van der Waals surface area (Å²) in [6, 6.07) is 3.94. The maximum atomic E-state index is 9.18. The van der Waals surface area contributed by atoms with Crippen molar-refractivity contribution in [2.45, 2.75) is 25.7 Å². The Morgan fingerprint density at radius 1 is 1.05 bits per heavy atom. The Kier molecular flexibility index (Phi) is 2.70. The van der Waals surface area contributed by atoms with Crippen molar-refractivity contribution in [2.24, 2.45) is 0 Å². The molecular weight excluding hydrogens is 240 g/mol. The highest BCUT2D eigenvalue weighted by Gasteiger charge is 2.20. The Bertz CT molecular complexity index is 716. The Morgan fingerprint density at radius 3 is 2.68 bits per heavy atom. The second kappa shape index (κ2) is 4.51. The van der Waals surface area contributed by atoms with E-state index in [1.165, 1.54) is 12.7 Å². The zero-order valence-corrected chi connectivity index (χ0v) is 10.2. The highest BCUT2D eigenvalue weighted by molar-refractivity contribution is 5.46. The molecule has 6 heteroatoms. The second-order valence-corrected chi connectivity index (χ2v) is 4.37. The molecule has 1 aliphatic carbocycles. The van der Waals surface area contributed by atoms with Crippen molar-refractivity contribution >= 4 is 0 Å². The smallest absolute Gasteiger partial charge is 0.177 e. The van der Waals surface area contributed by atoms with Gasteiger partial charge in [0.25, 0.3) is 0 Å². The fourth-order valence-corrected chi connectivity index (χ4v) is 2.41. The van der Waals surface area contributed by atoms with Gasteiger partial charge in [0.15, 0.2) is 11.4 Å². The summed E-state index contributed by atoms with van der Waals surface area (Å²) in [4.78, 5) is 12.5. The lowest BCUT2D eigenvalue weighted by Crippen LogP contribution is -2.12. The highest BCUT2D eigenvalue weighted by Crippen LogP contribution is 2.24. The van der Waals surface area contributed by atoms with Crippen molar-refractivity contribution in [1.29, 1.82) is 10.5 Å². The summed E-state index contributed by atoms with van der Waals surface area (Å²) < 4.78 is 1.59. The summed E-state index contributed by atoms with van der Waals surface area (Å²) in [7, 11) is 0. The van der Waals surface area contributed by atoms with Crippen molar-refractivity contribution in [3.05, 3.63) is 35.3 Å². The predicted molar refractivity (Wildman–Crippen MR) is 65.2 cm³/mol. The lowest BCUT2D eigenvalue weighted by Gasteiger charge is -2.17. The van der Waals surface area contributed by atoms with Gasteiger partial charge in [0.05, 0.1) is 0 Å². The number of aryl methyl sites for hydroxylation is 1. The molecule has 2 aromatic rings. The molecule has 0 N–H and O–H groups in total. The number of nitriles is 2. The largest absolute Gasteiger partial charge is 0.273 e. The SMILES string of the molecule is N#Cc1ncn(-c2ncnc3c2CCCC3)c1C#N. The van der Waals surface area contributed by atoms with Gasteiger partial charge in [0, 0.05) is 11.3 Å². The molecule has 0 atom stereocenters. The molecule has 0 spiro atoms. The molecule has 0 saturated heterocycles. The van der Waals surface area contributed by atoms with Gasteiger partial charge in [-0.1, -0.05) is 0 Å². The molecule has 1 aliphatic rings. The van der Waals surface area contributed by atoms with Crippen molar-refractivity contribution in [2.75, 3.05) is 0 Å². The molecule has 0 amide bonds. The molecule has 0 unspecified atom stereocenters. The monoisotopic (exact) mass is 250 g/mol. The third-order valence-electron chi connectivity index (χ3n) is 3.31. The number of imidazole rings is 1. The van der Waals surface area contributed by atoms with Crippen LogP contribution in [0, 0.1) is 22.7 Å². The van der Waals surface area contributed by atoms with Crippen LogP contribution in [0.5, 0.6) is 0 Å². The molecular formula is C13H10N6. The van der Waals surface area contributed by atoms with Crippen molar-refractivity contribution in [3.63, 3.8) is 0 Å². The van der Waals surface area contributed by atoms with Crippen LogP contribution in [0.3, 0.4) is 0 Å². The molecule has 0 radical (unpaired) electrons. The lowest BCUT2D eigenvalue weighted by atomic mass is 9.96. The quantitative estimate of drug-likeness (QED) is 0.760. The molecule has 0 aromatic carbocycles. The third kappa shape index (κ3) is 1.74. The van der Waals surface area contributed by atoms with E-state index >= 15 is 0 Å². The summed E-state index contributed by atoms with van der Waals surface area (Å²) in [5, 5.41) is 18.1. The van der Waals surface area contributed by atoms with E-state index < -0.39 is 0 Å². The summed E-state index contributed by atoms with van der Waals surface area (Å²) in [6.45, 7) is 0. The van der Waals surface area contributed by atoms with E-state index in [9.17, 15) is 5.26 Å². The van der Waals surface area contributed by atoms with Gasteiger partial charge in [-0.2, -0.15) is 10.5 Å². The minimum atomic E-state index is 0.130. The molecule has 0 fully saturated rings. The van der Waals surface area contributed by atoms with Crippen molar-refractivity contribution < 1.29 is 0 Å². The number of hydrogen-bond acceptors (Lipinski definition) is 5. The van der Waals surface area contributed by atoms with Gasteiger partial charge in [0.1, 0.15) is 30.6 Å². The van der Waals surface area contributed by atoms with Gasteiger partial charge in [-0.3, -0.25) is 4.57 Å². The number of fused-ring (bicyclic) bond motifs is 1. The second-order valence-electron chi connectivity index (χ2n) is 4.37. The first-order valence-electron chi connectivity index (χ1n) is 6.06. The molecule has 6 nitrogen and oxygen atoms in total. The van der Waals surface area contributed by atoms with Crippen molar-refractivity contribution in [3.8, 4) is 18.0 Å². The lowest BCUT2D eigenvalue weighted by molar-refractivity contribution is 0.655. The van der Waals surface area contributed by atoms with Crippen LogP contribution in [0.2, 0.25) is 0 Å². The zero-order valence-electron chi connectivity index (χ0n) is 10.2. The highest BCUT2D eigenvalue weighted by atomic mass is 15.1. The van der Waals surface area contributed by atoms with Gasteiger partial charge in [-0.05, 0) is 25.7 Å². The topological polar surface area (TPSA) is 91.2 Å². The van der Waals surface area contributed by atoms with Gasteiger partial charge in [-0.15, -0.1) is 0 Å². The van der Waals surface area contributed by atoms with E-state index in [1.807, 2.05) is 12.1 Å². The third-order valence-corrected chi connectivity index (χ3v) is 3.31. The van der Waals surface area contributed by atoms with E-state index in [1.54, 1.807) is 4.57 Å². The van der Waals surface area contributed by atoms with Crippen LogP contribution in [-0.4, -0.2) is 19.5 Å². The predicted octanol–water partition coefficient (Wildman–Crippen LogP) is 1.28. The Balaban J connectivity index is 2.21. The van der Waals surface area contributed by atoms with E-state index in [-0.39, 0.29) is 11.4 Å². The van der Waals surface area contributed by atoms with E-state index in [2.05, 4.69) is 15.0 Å². The molecule has 0 bridgehead atoms. The number of rotatable bonds is 1. The molecule has 2 heterocycles. The normalized spacial score (nSPS) is 13.4. The van der Waals surface area contributed by atoms with Crippen LogP contribution in [0.15, 0.2) is 12.7 Å². The van der Waals surface area contributed by atoms with Crippen LogP contribution in [0.25, 0.3) is 5.82 Å². The fourth-order valence-electron chi connectivity index (χ4n) is 2.41. The van der Waals surface area contributed by atoms with Crippen LogP contribution in [0.4, 0.5) is 0 Å². The summed E-state index contributed by atoms with van der Waals surface area (Å²) in [5.74, 6) is 0.676. The first kappa shape index (κ1) is 11.4. The van der Waals surface area contributed by atoms with Gasteiger partial charge in [-0.25, -0.2) is 15.0 Å². The molecule has 92 valence electrons. The number of aromatic nitrogens is 4. The van der Waals surface area contributed by atoms with Crippen LogP contribution < -0.4 is 0 Å². The molecule has 19 heavy (non-hydrogen) atoms. The minimum Gasteiger partial charge on any atom is -0.273 e. The molecule has 2 aromatic heterocycles. The van der Waals surface area contributed by atoms with Crippen LogP contribution in [-0.2, 0) is 12.8 Å². The maximum absolute atomic E-state index is 9.18. The first-order valence-corrected chi connectivity index (χ1v) is 6.06. The van der Waals surface area contributed by atoms with Crippen LogP contribution >= 0.6 is 0 Å². The Morgan fingerprint density at radius 2 is 1.89 bits per heavy atom. The Labute approximate surface area is 110 Å². The van der Waals surface area contributed by atoms with E-state index in [4.69, 9.17) is 5.26 Å². The molecule has 0 saturated carbocycles.